The Bertz CT molecular complexity index is 447. The van der Waals surface area contributed by atoms with Gasteiger partial charge in [0, 0.05) is 25.1 Å². The van der Waals surface area contributed by atoms with Gasteiger partial charge in [-0.05, 0) is 31.6 Å². The molecule has 0 saturated carbocycles. The molecule has 0 spiro atoms. The van der Waals surface area contributed by atoms with Gasteiger partial charge < -0.3 is 4.90 Å². The molecule has 0 unspecified atom stereocenters. The van der Waals surface area contributed by atoms with Crippen LogP contribution in [0.2, 0.25) is 5.15 Å². The van der Waals surface area contributed by atoms with Crippen molar-refractivity contribution >= 4 is 17.4 Å². The van der Waals surface area contributed by atoms with Gasteiger partial charge in [-0.1, -0.05) is 32.4 Å². The van der Waals surface area contributed by atoms with E-state index in [-0.39, 0.29) is 0 Å². The zero-order chi connectivity index (χ0) is 14.0. The SMILES string of the molecule is CCCc1nc(Cl)c(C)c(N2CCC(C)(C)CC2)n1. The van der Waals surface area contributed by atoms with Crippen LogP contribution in [0.25, 0.3) is 0 Å². The van der Waals surface area contributed by atoms with Crippen molar-refractivity contribution in [1.82, 2.24) is 9.97 Å². The lowest BCUT2D eigenvalue weighted by Gasteiger charge is -2.38. The van der Waals surface area contributed by atoms with E-state index in [1.165, 1.54) is 12.8 Å². The molecule has 1 aliphatic rings. The minimum Gasteiger partial charge on any atom is -0.356 e. The zero-order valence-electron chi connectivity index (χ0n) is 12.5. The molecule has 1 saturated heterocycles. The molecule has 0 radical (unpaired) electrons. The molecular formula is C15H24ClN3. The molecule has 0 atom stereocenters. The number of aryl methyl sites for hydroxylation is 1. The molecule has 4 heteroatoms. The minimum atomic E-state index is 0.452. The second-order valence-corrected chi connectivity index (χ2v) is 6.64. The van der Waals surface area contributed by atoms with Gasteiger partial charge in [-0.3, -0.25) is 0 Å². The van der Waals surface area contributed by atoms with Crippen molar-refractivity contribution in [1.29, 1.82) is 0 Å². The lowest BCUT2D eigenvalue weighted by molar-refractivity contribution is 0.279. The molecule has 2 heterocycles. The Morgan fingerprint density at radius 1 is 1.21 bits per heavy atom. The van der Waals surface area contributed by atoms with Crippen LogP contribution in [0.5, 0.6) is 0 Å². The van der Waals surface area contributed by atoms with E-state index in [1.807, 2.05) is 6.92 Å². The van der Waals surface area contributed by atoms with Gasteiger partial charge >= 0.3 is 0 Å². The summed E-state index contributed by atoms with van der Waals surface area (Å²) in [6, 6.07) is 0. The highest BCUT2D eigenvalue weighted by Crippen LogP contribution is 2.33. The lowest BCUT2D eigenvalue weighted by Crippen LogP contribution is -2.38. The second kappa shape index (κ2) is 5.66. The Kier molecular flexibility index (Phi) is 4.34. The van der Waals surface area contributed by atoms with Crippen molar-refractivity contribution in [2.45, 2.75) is 53.4 Å². The van der Waals surface area contributed by atoms with Gasteiger partial charge in [0.05, 0.1) is 0 Å². The summed E-state index contributed by atoms with van der Waals surface area (Å²) in [4.78, 5) is 11.5. The maximum absolute atomic E-state index is 6.25. The van der Waals surface area contributed by atoms with E-state index < -0.39 is 0 Å². The van der Waals surface area contributed by atoms with Crippen LogP contribution in [-0.4, -0.2) is 23.1 Å². The normalized spacial score (nSPS) is 18.7. The van der Waals surface area contributed by atoms with Gasteiger partial charge in [-0.2, -0.15) is 0 Å². The van der Waals surface area contributed by atoms with E-state index in [0.29, 0.717) is 10.6 Å². The number of anilines is 1. The molecule has 0 N–H and O–H groups in total. The highest BCUT2D eigenvalue weighted by atomic mass is 35.5. The van der Waals surface area contributed by atoms with Crippen LogP contribution in [0.1, 0.15) is 51.4 Å². The third-order valence-electron chi connectivity index (χ3n) is 4.00. The standard InChI is InChI=1S/C15H24ClN3/c1-5-6-12-17-13(16)11(2)14(18-12)19-9-7-15(3,4)8-10-19/h5-10H2,1-4H3. The molecule has 3 nitrogen and oxygen atoms in total. The topological polar surface area (TPSA) is 29.0 Å². The number of piperidine rings is 1. The highest BCUT2D eigenvalue weighted by Gasteiger charge is 2.27. The van der Waals surface area contributed by atoms with Crippen LogP contribution < -0.4 is 4.90 Å². The van der Waals surface area contributed by atoms with Gasteiger partial charge in [0.25, 0.3) is 0 Å². The largest absolute Gasteiger partial charge is 0.356 e. The number of rotatable bonds is 3. The molecule has 1 aromatic rings. The minimum absolute atomic E-state index is 0.452. The van der Waals surface area contributed by atoms with Crippen LogP contribution in [0.4, 0.5) is 5.82 Å². The summed E-state index contributed by atoms with van der Waals surface area (Å²) >= 11 is 6.25. The lowest BCUT2D eigenvalue weighted by atomic mass is 9.82. The Morgan fingerprint density at radius 3 is 2.42 bits per heavy atom. The first-order chi connectivity index (χ1) is 8.93. The van der Waals surface area contributed by atoms with Crippen LogP contribution in [0.15, 0.2) is 0 Å². The quantitative estimate of drug-likeness (QED) is 0.784. The molecule has 0 amide bonds. The average molecular weight is 282 g/mol. The Balaban J connectivity index is 2.24. The van der Waals surface area contributed by atoms with E-state index in [1.54, 1.807) is 0 Å². The molecule has 0 aliphatic carbocycles. The van der Waals surface area contributed by atoms with Gasteiger partial charge in [0.1, 0.15) is 16.8 Å². The molecular weight excluding hydrogens is 258 g/mol. The van der Waals surface area contributed by atoms with E-state index in [9.17, 15) is 0 Å². The summed E-state index contributed by atoms with van der Waals surface area (Å²) in [5.41, 5.74) is 1.47. The Morgan fingerprint density at radius 2 is 1.84 bits per heavy atom. The van der Waals surface area contributed by atoms with Crippen molar-refractivity contribution in [3.05, 3.63) is 16.5 Å². The van der Waals surface area contributed by atoms with E-state index in [0.717, 1.165) is 43.1 Å². The number of aromatic nitrogens is 2. The van der Waals surface area contributed by atoms with Crippen LogP contribution >= 0.6 is 11.6 Å². The fourth-order valence-corrected chi connectivity index (χ4v) is 2.67. The highest BCUT2D eigenvalue weighted by molar-refractivity contribution is 6.30. The third kappa shape index (κ3) is 3.38. The third-order valence-corrected chi connectivity index (χ3v) is 4.37. The smallest absolute Gasteiger partial charge is 0.137 e. The molecule has 2 rings (SSSR count). The maximum atomic E-state index is 6.25. The monoisotopic (exact) mass is 281 g/mol. The molecule has 1 aromatic heterocycles. The fraction of sp³-hybridized carbons (Fsp3) is 0.733. The molecule has 106 valence electrons. The van der Waals surface area contributed by atoms with Gasteiger partial charge in [-0.25, -0.2) is 9.97 Å². The van der Waals surface area contributed by atoms with Crippen molar-refractivity contribution < 1.29 is 0 Å². The van der Waals surface area contributed by atoms with Gasteiger partial charge in [-0.15, -0.1) is 0 Å². The predicted molar refractivity (Wildman–Crippen MR) is 81.0 cm³/mol. The molecule has 1 fully saturated rings. The molecule has 19 heavy (non-hydrogen) atoms. The van der Waals surface area contributed by atoms with Crippen molar-refractivity contribution in [3.63, 3.8) is 0 Å². The summed E-state index contributed by atoms with van der Waals surface area (Å²) in [6.07, 6.45) is 4.35. The van der Waals surface area contributed by atoms with Crippen molar-refractivity contribution in [2.24, 2.45) is 5.41 Å². The fourth-order valence-electron chi connectivity index (χ4n) is 2.49. The van der Waals surface area contributed by atoms with Gasteiger partial charge in [0.2, 0.25) is 0 Å². The first-order valence-electron chi connectivity index (χ1n) is 7.21. The number of nitrogens with zero attached hydrogens (tertiary/aromatic N) is 3. The summed E-state index contributed by atoms with van der Waals surface area (Å²) in [5, 5.41) is 0.610. The van der Waals surface area contributed by atoms with Crippen LogP contribution in [0, 0.1) is 12.3 Å². The van der Waals surface area contributed by atoms with E-state index >= 15 is 0 Å². The predicted octanol–water partition coefficient (Wildman–Crippen LogP) is 4.02. The Hall–Kier alpha value is -0.830. The number of halogens is 1. The summed E-state index contributed by atoms with van der Waals surface area (Å²) in [7, 11) is 0. The zero-order valence-corrected chi connectivity index (χ0v) is 13.2. The van der Waals surface area contributed by atoms with E-state index in [2.05, 4.69) is 30.7 Å². The number of hydrogen-bond acceptors (Lipinski definition) is 3. The Labute approximate surface area is 121 Å². The first-order valence-corrected chi connectivity index (χ1v) is 7.59. The summed E-state index contributed by atoms with van der Waals surface area (Å²) in [6.45, 7) is 11.0. The summed E-state index contributed by atoms with van der Waals surface area (Å²) < 4.78 is 0. The molecule has 0 bridgehead atoms. The maximum Gasteiger partial charge on any atom is 0.137 e. The first kappa shape index (κ1) is 14.6. The van der Waals surface area contributed by atoms with Crippen molar-refractivity contribution in [2.75, 3.05) is 18.0 Å². The molecule has 1 aliphatic heterocycles. The van der Waals surface area contributed by atoms with Gasteiger partial charge in [0.15, 0.2) is 0 Å². The average Bonchev–Trinajstić information content (AvgIpc) is 2.34. The van der Waals surface area contributed by atoms with Crippen molar-refractivity contribution in [3.8, 4) is 0 Å². The second-order valence-electron chi connectivity index (χ2n) is 6.28. The van der Waals surface area contributed by atoms with Crippen LogP contribution in [-0.2, 0) is 6.42 Å². The summed E-state index contributed by atoms with van der Waals surface area (Å²) in [5.74, 6) is 1.91. The molecule has 0 aromatic carbocycles. The van der Waals surface area contributed by atoms with E-state index in [4.69, 9.17) is 16.6 Å². The number of hydrogen-bond donors (Lipinski definition) is 0. The van der Waals surface area contributed by atoms with Crippen LogP contribution in [0.3, 0.4) is 0 Å².